The van der Waals surface area contributed by atoms with Crippen LogP contribution in [0.4, 0.5) is 4.39 Å². The van der Waals surface area contributed by atoms with Crippen molar-refractivity contribution < 1.29 is 9.13 Å². The standard InChI is InChI=1S/C16H11BrFNO/c1-10-11-5-2-3-7-13(11)19-9-15(10)20-14-8-4-6-12(18)16(14)17/h2-9H,1H3. The van der Waals surface area contributed by atoms with Crippen LogP contribution in [0.5, 0.6) is 11.5 Å². The Morgan fingerprint density at radius 3 is 2.70 bits per heavy atom. The molecule has 3 rings (SSSR count). The van der Waals surface area contributed by atoms with E-state index in [1.54, 1.807) is 18.3 Å². The molecule has 0 saturated carbocycles. The van der Waals surface area contributed by atoms with Crippen molar-refractivity contribution in [2.45, 2.75) is 6.92 Å². The van der Waals surface area contributed by atoms with Crippen LogP contribution in [0, 0.1) is 12.7 Å². The summed E-state index contributed by atoms with van der Waals surface area (Å²) >= 11 is 3.19. The number of aryl methyl sites for hydroxylation is 1. The largest absolute Gasteiger partial charge is 0.454 e. The minimum atomic E-state index is -0.353. The van der Waals surface area contributed by atoms with Crippen molar-refractivity contribution in [1.29, 1.82) is 0 Å². The number of nitrogens with zero attached hydrogens (tertiary/aromatic N) is 1. The van der Waals surface area contributed by atoms with E-state index in [-0.39, 0.29) is 5.82 Å². The highest BCUT2D eigenvalue weighted by Crippen LogP contribution is 2.34. The first-order valence-corrected chi connectivity index (χ1v) is 6.92. The van der Waals surface area contributed by atoms with E-state index < -0.39 is 0 Å². The van der Waals surface area contributed by atoms with Crippen LogP contribution in [0.25, 0.3) is 10.9 Å². The lowest BCUT2D eigenvalue weighted by molar-refractivity contribution is 0.468. The lowest BCUT2D eigenvalue weighted by atomic mass is 10.1. The van der Waals surface area contributed by atoms with Gasteiger partial charge in [0.15, 0.2) is 0 Å². The second kappa shape index (κ2) is 5.21. The van der Waals surface area contributed by atoms with Crippen molar-refractivity contribution in [3.8, 4) is 11.5 Å². The molecule has 2 aromatic carbocycles. The molecule has 0 aliphatic heterocycles. The van der Waals surface area contributed by atoms with Gasteiger partial charge in [-0.1, -0.05) is 24.3 Å². The Morgan fingerprint density at radius 2 is 1.85 bits per heavy atom. The van der Waals surface area contributed by atoms with Gasteiger partial charge in [0.05, 0.1) is 16.2 Å². The van der Waals surface area contributed by atoms with Crippen molar-refractivity contribution >= 4 is 26.8 Å². The molecule has 20 heavy (non-hydrogen) atoms. The zero-order valence-corrected chi connectivity index (χ0v) is 12.3. The zero-order valence-electron chi connectivity index (χ0n) is 10.7. The summed E-state index contributed by atoms with van der Waals surface area (Å²) in [5.74, 6) is 0.703. The number of ether oxygens (including phenoxy) is 1. The summed E-state index contributed by atoms with van der Waals surface area (Å²) in [6.07, 6.45) is 1.66. The molecule has 1 aromatic heterocycles. The first-order valence-electron chi connectivity index (χ1n) is 6.13. The second-order valence-corrected chi connectivity index (χ2v) is 5.21. The Bertz CT molecular complexity index is 789. The molecule has 0 N–H and O–H groups in total. The van der Waals surface area contributed by atoms with Gasteiger partial charge in [-0.3, -0.25) is 4.98 Å². The molecule has 0 saturated heterocycles. The quantitative estimate of drug-likeness (QED) is 0.640. The summed E-state index contributed by atoms with van der Waals surface area (Å²) < 4.78 is 19.6. The molecule has 0 fully saturated rings. The Balaban J connectivity index is 2.07. The Hall–Kier alpha value is -1.94. The molecule has 0 spiro atoms. The molecule has 0 radical (unpaired) electrons. The summed E-state index contributed by atoms with van der Waals surface area (Å²) in [4.78, 5) is 4.36. The van der Waals surface area contributed by atoms with Crippen LogP contribution < -0.4 is 4.74 Å². The fourth-order valence-electron chi connectivity index (χ4n) is 2.05. The maximum absolute atomic E-state index is 13.5. The van der Waals surface area contributed by atoms with Crippen LogP contribution in [0.3, 0.4) is 0 Å². The van der Waals surface area contributed by atoms with Gasteiger partial charge >= 0.3 is 0 Å². The van der Waals surface area contributed by atoms with E-state index in [1.807, 2.05) is 31.2 Å². The van der Waals surface area contributed by atoms with Crippen LogP contribution in [-0.2, 0) is 0 Å². The Kier molecular flexibility index (Phi) is 3.40. The van der Waals surface area contributed by atoms with Gasteiger partial charge in [-0.15, -0.1) is 0 Å². The Labute approximate surface area is 124 Å². The van der Waals surface area contributed by atoms with Crippen molar-refractivity contribution in [2.75, 3.05) is 0 Å². The lowest BCUT2D eigenvalue weighted by Crippen LogP contribution is -1.92. The van der Waals surface area contributed by atoms with E-state index in [0.717, 1.165) is 16.5 Å². The van der Waals surface area contributed by atoms with Crippen molar-refractivity contribution in [1.82, 2.24) is 4.98 Å². The number of para-hydroxylation sites is 1. The van der Waals surface area contributed by atoms with E-state index in [1.165, 1.54) is 6.07 Å². The van der Waals surface area contributed by atoms with E-state index in [4.69, 9.17) is 4.74 Å². The highest BCUT2D eigenvalue weighted by atomic mass is 79.9. The summed E-state index contributed by atoms with van der Waals surface area (Å²) in [7, 11) is 0. The predicted molar refractivity (Wildman–Crippen MR) is 80.7 cm³/mol. The van der Waals surface area contributed by atoms with Gasteiger partial charge in [-0.2, -0.15) is 0 Å². The number of benzene rings is 2. The molecular formula is C16H11BrFNO. The summed E-state index contributed by atoms with van der Waals surface area (Å²) in [5.41, 5.74) is 1.89. The topological polar surface area (TPSA) is 22.1 Å². The van der Waals surface area contributed by atoms with Gasteiger partial charge in [0.2, 0.25) is 0 Å². The molecule has 0 aliphatic rings. The SMILES string of the molecule is Cc1c(Oc2cccc(F)c2Br)cnc2ccccc12. The smallest absolute Gasteiger partial charge is 0.149 e. The summed E-state index contributed by atoms with van der Waals surface area (Å²) in [5, 5.41) is 1.03. The molecule has 0 amide bonds. The lowest BCUT2D eigenvalue weighted by Gasteiger charge is -2.11. The number of rotatable bonds is 2. The number of fused-ring (bicyclic) bond motifs is 1. The average Bonchev–Trinajstić information content (AvgIpc) is 2.47. The number of pyridine rings is 1. The highest BCUT2D eigenvalue weighted by molar-refractivity contribution is 9.10. The first kappa shape index (κ1) is 13.1. The number of hydrogen-bond donors (Lipinski definition) is 0. The monoisotopic (exact) mass is 331 g/mol. The molecule has 100 valence electrons. The maximum Gasteiger partial charge on any atom is 0.149 e. The molecule has 0 bridgehead atoms. The van der Waals surface area contributed by atoms with E-state index in [0.29, 0.717) is 16.0 Å². The van der Waals surface area contributed by atoms with Gasteiger partial charge in [0.1, 0.15) is 17.3 Å². The maximum atomic E-state index is 13.5. The second-order valence-electron chi connectivity index (χ2n) is 4.42. The summed E-state index contributed by atoms with van der Waals surface area (Å²) in [6.45, 7) is 1.96. The molecule has 1 heterocycles. The number of halogens is 2. The minimum Gasteiger partial charge on any atom is -0.454 e. The van der Waals surface area contributed by atoms with Gasteiger partial charge in [-0.05, 0) is 41.1 Å². The molecule has 0 unspecified atom stereocenters. The number of aromatic nitrogens is 1. The van der Waals surface area contributed by atoms with Gasteiger partial charge in [0.25, 0.3) is 0 Å². The van der Waals surface area contributed by atoms with E-state index >= 15 is 0 Å². The highest BCUT2D eigenvalue weighted by Gasteiger charge is 2.10. The van der Waals surface area contributed by atoms with Crippen LogP contribution >= 0.6 is 15.9 Å². The Morgan fingerprint density at radius 1 is 1.05 bits per heavy atom. The predicted octanol–water partition coefficient (Wildman–Crippen LogP) is 5.24. The van der Waals surface area contributed by atoms with Crippen molar-refractivity contribution in [3.05, 3.63) is 64.5 Å². The van der Waals surface area contributed by atoms with Crippen LogP contribution in [0.15, 0.2) is 53.1 Å². The zero-order chi connectivity index (χ0) is 14.1. The fraction of sp³-hybridized carbons (Fsp3) is 0.0625. The van der Waals surface area contributed by atoms with Crippen molar-refractivity contribution in [2.24, 2.45) is 0 Å². The third kappa shape index (κ3) is 2.27. The first-order chi connectivity index (χ1) is 9.66. The third-order valence-corrected chi connectivity index (χ3v) is 3.90. The molecule has 4 heteroatoms. The van der Waals surface area contributed by atoms with Gasteiger partial charge in [0, 0.05) is 10.9 Å². The molecule has 2 nitrogen and oxygen atoms in total. The molecular weight excluding hydrogens is 321 g/mol. The average molecular weight is 332 g/mol. The van der Waals surface area contributed by atoms with Gasteiger partial charge < -0.3 is 4.74 Å². The fourth-order valence-corrected chi connectivity index (χ4v) is 2.39. The van der Waals surface area contributed by atoms with E-state index in [2.05, 4.69) is 20.9 Å². The van der Waals surface area contributed by atoms with Crippen LogP contribution in [0.1, 0.15) is 5.56 Å². The molecule has 0 aliphatic carbocycles. The van der Waals surface area contributed by atoms with Gasteiger partial charge in [-0.25, -0.2) is 4.39 Å². The van der Waals surface area contributed by atoms with Crippen molar-refractivity contribution in [3.63, 3.8) is 0 Å². The third-order valence-electron chi connectivity index (χ3n) is 3.13. The van der Waals surface area contributed by atoms with Crippen LogP contribution in [0.2, 0.25) is 0 Å². The summed E-state index contributed by atoms with van der Waals surface area (Å²) in [6, 6.07) is 12.5. The van der Waals surface area contributed by atoms with Crippen LogP contribution in [-0.4, -0.2) is 4.98 Å². The molecule has 0 atom stereocenters. The number of hydrogen-bond acceptors (Lipinski definition) is 2. The molecule has 3 aromatic rings. The normalized spacial score (nSPS) is 10.8. The van der Waals surface area contributed by atoms with E-state index in [9.17, 15) is 4.39 Å². The minimum absolute atomic E-state index is 0.313.